The number of ether oxygens (including phenoxy) is 1. The molecule has 0 spiro atoms. The summed E-state index contributed by atoms with van der Waals surface area (Å²) < 4.78 is 5.35. The van der Waals surface area contributed by atoms with E-state index >= 15 is 0 Å². The fourth-order valence-corrected chi connectivity index (χ4v) is 2.76. The Bertz CT molecular complexity index is 466. The second-order valence-corrected chi connectivity index (χ2v) is 5.96. The van der Waals surface area contributed by atoms with Crippen LogP contribution in [0.1, 0.15) is 26.7 Å². The molecule has 0 saturated carbocycles. The lowest BCUT2D eigenvalue weighted by Gasteiger charge is -2.26. The first-order valence-electron chi connectivity index (χ1n) is 8.67. The number of hydrogen-bond acceptors (Lipinski definition) is 4. The van der Waals surface area contributed by atoms with Crippen LogP contribution < -0.4 is 10.6 Å². The van der Waals surface area contributed by atoms with Crippen LogP contribution >= 0.6 is 0 Å². The van der Waals surface area contributed by atoms with E-state index < -0.39 is 0 Å². The van der Waals surface area contributed by atoms with E-state index in [9.17, 15) is 4.79 Å². The van der Waals surface area contributed by atoms with Gasteiger partial charge >= 0.3 is 0 Å². The van der Waals surface area contributed by atoms with Gasteiger partial charge in [-0.05, 0) is 37.1 Å². The van der Waals surface area contributed by atoms with Gasteiger partial charge in [0.2, 0.25) is 5.91 Å². The Morgan fingerprint density at radius 1 is 1.13 bits per heavy atom. The summed E-state index contributed by atoms with van der Waals surface area (Å²) >= 11 is 0. The molecular formula is C18H29N3O2. The number of nitrogens with zero attached hydrogens (tertiary/aromatic N) is 1. The van der Waals surface area contributed by atoms with E-state index in [2.05, 4.69) is 29.4 Å². The highest BCUT2D eigenvalue weighted by Gasteiger charge is 2.14. The van der Waals surface area contributed by atoms with Crippen molar-refractivity contribution < 1.29 is 9.53 Å². The Morgan fingerprint density at radius 2 is 1.74 bits per heavy atom. The Morgan fingerprint density at radius 3 is 2.35 bits per heavy atom. The maximum atomic E-state index is 12.1. The van der Waals surface area contributed by atoms with E-state index in [1.165, 1.54) is 0 Å². The molecule has 1 aliphatic heterocycles. The summed E-state index contributed by atoms with van der Waals surface area (Å²) in [5, 5.41) is 6.41. The van der Waals surface area contributed by atoms with Crippen molar-refractivity contribution in [2.75, 3.05) is 50.0 Å². The predicted octanol–water partition coefficient (Wildman–Crippen LogP) is 2.81. The summed E-state index contributed by atoms with van der Waals surface area (Å²) in [6.45, 7) is 9.75. The Kier molecular flexibility index (Phi) is 7.36. The molecule has 0 atom stereocenters. The molecule has 1 aliphatic rings. The standard InChI is InChI=1S/C18H29N3O2/c1-3-15(4-2)18(22)20-17-7-5-16(6-8-17)19-9-10-21-11-13-23-14-12-21/h5-8,15,19H,3-4,9-14H2,1-2H3,(H,20,22). The SMILES string of the molecule is CCC(CC)C(=O)Nc1ccc(NCCN2CCOCC2)cc1. The van der Waals surface area contributed by atoms with Gasteiger partial charge in [0.05, 0.1) is 13.2 Å². The van der Waals surface area contributed by atoms with Gasteiger partial charge in [-0.2, -0.15) is 0 Å². The van der Waals surface area contributed by atoms with Gasteiger partial charge in [0.25, 0.3) is 0 Å². The highest BCUT2D eigenvalue weighted by Crippen LogP contribution is 2.16. The monoisotopic (exact) mass is 319 g/mol. The first kappa shape index (κ1) is 17.8. The van der Waals surface area contributed by atoms with Gasteiger partial charge in [0.15, 0.2) is 0 Å². The van der Waals surface area contributed by atoms with Crippen molar-refractivity contribution in [3.05, 3.63) is 24.3 Å². The molecule has 5 heteroatoms. The van der Waals surface area contributed by atoms with Crippen LogP contribution in [0.4, 0.5) is 11.4 Å². The summed E-state index contributed by atoms with van der Waals surface area (Å²) in [6, 6.07) is 7.94. The molecular weight excluding hydrogens is 290 g/mol. The molecule has 1 heterocycles. The fourth-order valence-electron chi connectivity index (χ4n) is 2.76. The molecule has 1 aromatic rings. The van der Waals surface area contributed by atoms with E-state index in [4.69, 9.17) is 4.74 Å². The molecule has 5 nitrogen and oxygen atoms in total. The molecule has 1 saturated heterocycles. The van der Waals surface area contributed by atoms with Crippen molar-refractivity contribution in [1.29, 1.82) is 0 Å². The topological polar surface area (TPSA) is 53.6 Å². The summed E-state index contributed by atoms with van der Waals surface area (Å²) in [4.78, 5) is 14.5. The Balaban J connectivity index is 1.74. The van der Waals surface area contributed by atoms with Gasteiger partial charge in [-0.15, -0.1) is 0 Å². The predicted molar refractivity (Wildman–Crippen MR) is 94.9 cm³/mol. The van der Waals surface area contributed by atoms with Crippen LogP contribution in [0.15, 0.2) is 24.3 Å². The van der Waals surface area contributed by atoms with E-state index in [0.29, 0.717) is 0 Å². The number of morpholine rings is 1. The van der Waals surface area contributed by atoms with E-state index in [1.54, 1.807) is 0 Å². The largest absolute Gasteiger partial charge is 0.384 e. The van der Waals surface area contributed by atoms with Crippen LogP contribution in [0.25, 0.3) is 0 Å². The lowest BCUT2D eigenvalue weighted by Crippen LogP contribution is -2.38. The fraction of sp³-hybridized carbons (Fsp3) is 0.611. The molecule has 0 unspecified atom stereocenters. The minimum absolute atomic E-state index is 0.0984. The highest BCUT2D eigenvalue weighted by atomic mass is 16.5. The first-order chi connectivity index (χ1) is 11.2. The minimum atomic E-state index is 0.0984. The molecule has 128 valence electrons. The third-order valence-corrected chi connectivity index (χ3v) is 4.37. The Labute approximate surface area is 139 Å². The molecule has 0 radical (unpaired) electrons. The lowest BCUT2D eigenvalue weighted by atomic mass is 10.0. The normalized spacial score (nSPS) is 15.6. The van der Waals surface area contributed by atoms with Gasteiger partial charge in [-0.3, -0.25) is 9.69 Å². The molecule has 1 fully saturated rings. The second kappa shape index (κ2) is 9.53. The number of amides is 1. The highest BCUT2D eigenvalue weighted by molar-refractivity contribution is 5.92. The van der Waals surface area contributed by atoms with Crippen LogP contribution in [-0.4, -0.2) is 50.2 Å². The van der Waals surface area contributed by atoms with Crippen molar-refractivity contribution in [2.24, 2.45) is 5.92 Å². The van der Waals surface area contributed by atoms with Crippen molar-refractivity contribution in [3.63, 3.8) is 0 Å². The maximum Gasteiger partial charge on any atom is 0.227 e. The molecule has 0 aromatic heterocycles. The van der Waals surface area contributed by atoms with E-state index in [-0.39, 0.29) is 11.8 Å². The number of benzene rings is 1. The van der Waals surface area contributed by atoms with Crippen molar-refractivity contribution in [1.82, 2.24) is 4.90 Å². The summed E-state index contributed by atoms with van der Waals surface area (Å²) in [5.74, 6) is 0.212. The number of carbonyl (C=O) groups excluding carboxylic acids is 1. The van der Waals surface area contributed by atoms with Crippen LogP contribution in [0.2, 0.25) is 0 Å². The minimum Gasteiger partial charge on any atom is -0.384 e. The zero-order valence-electron chi connectivity index (χ0n) is 14.3. The summed E-state index contributed by atoms with van der Waals surface area (Å²) in [6.07, 6.45) is 1.76. The molecule has 23 heavy (non-hydrogen) atoms. The molecule has 0 bridgehead atoms. The number of hydrogen-bond donors (Lipinski definition) is 2. The average Bonchev–Trinajstić information content (AvgIpc) is 2.58. The first-order valence-corrected chi connectivity index (χ1v) is 8.67. The number of nitrogens with one attached hydrogen (secondary N) is 2. The van der Waals surface area contributed by atoms with Gasteiger partial charge in [0.1, 0.15) is 0 Å². The average molecular weight is 319 g/mol. The van der Waals surface area contributed by atoms with Gasteiger partial charge in [-0.1, -0.05) is 13.8 Å². The quantitative estimate of drug-likeness (QED) is 0.773. The number of carbonyl (C=O) groups is 1. The van der Waals surface area contributed by atoms with Gasteiger partial charge in [0, 0.05) is 43.5 Å². The smallest absolute Gasteiger partial charge is 0.227 e. The maximum absolute atomic E-state index is 12.1. The zero-order valence-corrected chi connectivity index (χ0v) is 14.3. The van der Waals surface area contributed by atoms with Crippen LogP contribution in [0.5, 0.6) is 0 Å². The van der Waals surface area contributed by atoms with E-state index in [0.717, 1.165) is 63.6 Å². The molecule has 0 aliphatic carbocycles. The third-order valence-electron chi connectivity index (χ3n) is 4.37. The van der Waals surface area contributed by atoms with E-state index in [1.807, 2.05) is 24.3 Å². The molecule has 1 aromatic carbocycles. The zero-order chi connectivity index (χ0) is 16.5. The van der Waals surface area contributed by atoms with Gasteiger partial charge in [-0.25, -0.2) is 0 Å². The number of rotatable bonds is 8. The second-order valence-electron chi connectivity index (χ2n) is 5.96. The lowest BCUT2D eigenvalue weighted by molar-refractivity contribution is -0.120. The molecule has 2 rings (SSSR count). The van der Waals surface area contributed by atoms with Crippen LogP contribution in [-0.2, 0) is 9.53 Å². The van der Waals surface area contributed by atoms with Gasteiger partial charge < -0.3 is 15.4 Å². The third kappa shape index (κ3) is 5.84. The van der Waals surface area contributed by atoms with Crippen LogP contribution in [0, 0.1) is 5.92 Å². The molecule has 2 N–H and O–H groups in total. The Hall–Kier alpha value is -1.59. The number of anilines is 2. The van der Waals surface area contributed by atoms with Crippen molar-refractivity contribution in [2.45, 2.75) is 26.7 Å². The van der Waals surface area contributed by atoms with Crippen molar-refractivity contribution in [3.8, 4) is 0 Å². The van der Waals surface area contributed by atoms with Crippen LogP contribution in [0.3, 0.4) is 0 Å². The van der Waals surface area contributed by atoms with Crippen molar-refractivity contribution >= 4 is 17.3 Å². The summed E-state index contributed by atoms with van der Waals surface area (Å²) in [7, 11) is 0. The summed E-state index contributed by atoms with van der Waals surface area (Å²) in [5.41, 5.74) is 1.94. The molecule has 1 amide bonds.